The lowest BCUT2D eigenvalue weighted by Gasteiger charge is -2.18. The third kappa shape index (κ3) is 4.25. The number of nitriles is 1. The SMILES string of the molecule is COc1cccc(/C=C/c2nc3cc(C)ccc3n2-c2ccc(C#N)cn2)c1OC1CCCC1. The van der Waals surface area contributed by atoms with Gasteiger partial charge in [0.1, 0.15) is 17.7 Å². The molecule has 2 aromatic heterocycles. The molecule has 0 aliphatic heterocycles. The van der Waals surface area contributed by atoms with E-state index in [-0.39, 0.29) is 6.10 Å². The summed E-state index contributed by atoms with van der Waals surface area (Å²) in [6.45, 7) is 2.05. The van der Waals surface area contributed by atoms with Crippen molar-refractivity contribution in [2.24, 2.45) is 0 Å². The molecule has 0 radical (unpaired) electrons. The molecule has 2 aromatic carbocycles. The minimum atomic E-state index is 0.221. The number of imidazole rings is 1. The van der Waals surface area contributed by atoms with Gasteiger partial charge in [-0.3, -0.25) is 4.57 Å². The Morgan fingerprint density at radius 1 is 1.09 bits per heavy atom. The van der Waals surface area contributed by atoms with Crippen molar-refractivity contribution in [1.82, 2.24) is 14.5 Å². The fourth-order valence-corrected chi connectivity index (χ4v) is 4.43. The number of methoxy groups -OCH3 is 1. The maximum Gasteiger partial charge on any atom is 0.168 e. The van der Waals surface area contributed by atoms with Crippen LogP contribution in [0.4, 0.5) is 0 Å². The van der Waals surface area contributed by atoms with E-state index in [0.29, 0.717) is 11.4 Å². The van der Waals surface area contributed by atoms with Crippen LogP contribution in [-0.2, 0) is 0 Å². The minimum Gasteiger partial charge on any atom is -0.493 e. The standard InChI is InChI=1S/C28H26N4O2/c1-19-10-13-24-23(16-19)31-27(32(24)26-14-11-20(17-29)18-30-26)15-12-21-6-5-9-25(33-2)28(21)34-22-7-3-4-8-22/h5-6,9-16,18,22H,3-4,7-8H2,1-2H3/b15-12+. The molecule has 5 rings (SSSR count). The highest BCUT2D eigenvalue weighted by atomic mass is 16.5. The van der Waals surface area contributed by atoms with Gasteiger partial charge in [-0.15, -0.1) is 0 Å². The van der Waals surface area contributed by atoms with Crippen molar-refractivity contribution in [3.63, 3.8) is 0 Å². The molecule has 1 fully saturated rings. The highest BCUT2D eigenvalue weighted by Crippen LogP contribution is 2.36. The van der Waals surface area contributed by atoms with E-state index in [0.717, 1.165) is 52.3 Å². The first-order valence-electron chi connectivity index (χ1n) is 11.5. The number of fused-ring (bicyclic) bond motifs is 1. The third-order valence-electron chi connectivity index (χ3n) is 6.17. The molecule has 1 aliphatic rings. The van der Waals surface area contributed by atoms with Crippen molar-refractivity contribution in [3.05, 3.63) is 77.2 Å². The molecule has 34 heavy (non-hydrogen) atoms. The number of para-hydroxylation sites is 1. The number of aromatic nitrogens is 3. The zero-order valence-electron chi connectivity index (χ0n) is 19.4. The fourth-order valence-electron chi connectivity index (χ4n) is 4.43. The van der Waals surface area contributed by atoms with Crippen LogP contribution in [0.5, 0.6) is 11.5 Å². The number of nitrogens with zero attached hydrogens (tertiary/aromatic N) is 4. The molecule has 4 aromatic rings. The molecule has 0 N–H and O–H groups in total. The quantitative estimate of drug-likeness (QED) is 0.355. The average molecular weight is 451 g/mol. The summed E-state index contributed by atoms with van der Waals surface area (Å²) >= 11 is 0. The summed E-state index contributed by atoms with van der Waals surface area (Å²) in [6.07, 6.45) is 10.3. The number of hydrogen-bond acceptors (Lipinski definition) is 5. The van der Waals surface area contributed by atoms with Gasteiger partial charge in [0.05, 0.1) is 29.8 Å². The zero-order valence-corrected chi connectivity index (χ0v) is 19.4. The van der Waals surface area contributed by atoms with Crippen LogP contribution >= 0.6 is 0 Å². The number of benzene rings is 2. The van der Waals surface area contributed by atoms with Crippen molar-refractivity contribution in [1.29, 1.82) is 5.26 Å². The van der Waals surface area contributed by atoms with Gasteiger partial charge >= 0.3 is 0 Å². The lowest BCUT2D eigenvalue weighted by atomic mass is 10.1. The van der Waals surface area contributed by atoms with Crippen LogP contribution in [-0.4, -0.2) is 27.7 Å². The lowest BCUT2D eigenvalue weighted by Crippen LogP contribution is -2.12. The lowest BCUT2D eigenvalue weighted by molar-refractivity contribution is 0.200. The first kappa shape index (κ1) is 21.7. The van der Waals surface area contributed by atoms with E-state index in [1.54, 1.807) is 19.4 Å². The van der Waals surface area contributed by atoms with Crippen LogP contribution < -0.4 is 9.47 Å². The molecular weight excluding hydrogens is 424 g/mol. The van der Waals surface area contributed by atoms with Gasteiger partial charge in [0, 0.05) is 11.8 Å². The summed E-state index contributed by atoms with van der Waals surface area (Å²) < 4.78 is 14.0. The van der Waals surface area contributed by atoms with Gasteiger partial charge in [-0.2, -0.15) is 5.26 Å². The van der Waals surface area contributed by atoms with E-state index >= 15 is 0 Å². The average Bonchev–Trinajstić information content (AvgIpc) is 3.50. The number of rotatable bonds is 6. The van der Waals surface area contributed by atoms with Crippen LogP contribution in [0.1, 0.15) is 48.2 Å². The van der Waals surface area contributed by atoms with Gasteiger partial charge in [0.25, 0.3) is 0 Å². The highest BCUT2D eigenvalue weighted by molar-refractivity contribution is 5.83. The van der Waals surface area contributed by atoms with Crippen LogP contribution in [0.15, 0.2) is 54.7 Å². The Morgan fingerprint density at radius 2 is 1.94 bits per heavy atom. The summed E-state index contributed by atoms with van der Waals surface area (Å²) in [4.78, 5) is 9.40. The van der Waals surface area contributed by atoms with E-state index < -0.39 is 0 Å². The van der Waals surface area contributed by atoms with Crippen LogP contribution in [0, 0.1) is 18.3 Å². The Hall–Kier alpha value is -4.11. The Balaban J connectivity index is 1.59. The predicted octanol–water partition coefficient (Wildman–Crippen LogP) is 6.10. The summed E-state index contributed by atoms with van der Waals surface area (Å²) in [5.74, 6) is 2.95. The summed E-state index contributed by atoms with van der Waals surface area (Å²) in [5, 5.41) is 9.15. The maximum absolute atomic E-state index is 9.15. The molecule has 1 aliphatic carbocycles. The van der Waals surface area contributed by atoms with E-state index in [1.165, 1.54) is 12.8 Å². The summed E-state index contributed by atoms with van der Waals surface area (Å²) in [7, 11) is 1.67. The normalized spacial score (nSPS) is 14.0. The number of aryl methyl sites for hydroxylation is 1. The Labute approximate surface area is 199 Å². The van der Waals surface area contributed by atoms with Crippen molar-refractivity contribution < 1.29 is 9.47 Å². The van der Waals surface area contributed by atoms with Crippen LogP contribution in [0.25, 0.3) is 29.0 Å². The molecule has 0 amide bonds. The number of ether oxygens (including phenoxy) is 2. The molecule has 6 heteroatoms. The van der Waals surface area contributed by atoms with Crippen molar-refractivity contribution in [2.45, 2.75) is 38.7 Å². The minimum absolute atomic E-state index is 0.221. The van der Waals surface area contributed by atoms with Gasteiger partial charge in [-0.05, 0) is 80.7 Å². The second kappa shape index (κ2) is 9.40. The van der Waals surface area contributed by atoms with E-state index in [1.807, 2.05) is 41.0 Å². The van der Waals surface area contributed by atoms with E-state index in [9.17, 15) is 0 Å². The molecule has 2 heterocycles. The van der Waals surface area contributed by atoms with Crippen LogP contribution in [0.2, 0.25) is 0 Å². The molecule has 0 atom stereocenters. The van der Waals surface area contributed by atoms with E-state index in [2.05, 4.69) is 36.2 Å². The second-order valence-electron chi connectivity index (χ2n) is 8.55. The molecule has 6 nitrogen and oxygen atoms in total. The van der Waals surface area contributed by atoms with Gasteiger partial charge in [-0.1, -0.05) is 18.2 Å². The van der Waals surface area contributed by atoms with Crippen molar-refractivity contribution in [2.75, 3.05) is 7.11 Å². The van der Waals surface area contributed by atoms with E-state index in [4.69, 9.17) is 19.7 Å². The smallest absolute Gasteiger partial charge is 0.168 e. The Kier molecular flexibility index (Phi) is 6.01. The maximum atomic E-state index is 9.15. The van der Waals surface area contributed by atoms with Crippen molar-refractivity contribution >= 4 is 23.2 Å². The molecular formula is C28H26N4O2. The highest BCUT2D eigenvalue weighted by Gasteiger charge is 2.20. The zero-order chi connectivity index (χ0) is 23.5. The second-order valence-corrected chi connectivity index (χ2v) is 8.55. The summed E-state index contributed by atoms with van der Waals surface area (Å²) in [6, 6.07) is 17.8. The number of pyridine rings is 1. The fraction of sp³-hybridized carbons (Fsp3) is 0.250. The first-order chi connectivity index (χ1) is 16.7. The Bertz CT molecular complexity index is 1390. The van der Waals surface area contributed by atoms with Crippen molar-refractivity contribution in [3.8, 4) is 23.4 Å². The third-order valence-corrected chi connectivity index (χ3v) is 6.17. The summed E-state index contributed by atoms with van der Waals surface area (Å²) in [5.41, 5.74) is 4.44. The van der Waals surface area contributed by atoms with Gasteiger partial charge < -0.3 is 9.47 Å². The largest absolute Gasteiger partial charge is 0.493 e. The van der Waals surface area contributed by atoms with Gasteiger partial charge in [0.15, 0.2) is 11.5 Å². The topological polar surface area (TPSA) is 73.0 Å². The van der Waals surface area contributed by atoms with Crippen LogP contribution in [0.3, 0.4) is 0 Å². The molecule has 170 valence electrons. The Morgan fingerprint density at radius 3 is 2.68 bits per heavy atom. The molecule has 0 saturated heterocycles. The number of hydrogen-bond donors (Lipinski definition) is 0. The van der Waals surface area contributed by atoms with Gasteiger partial charge in [0.2, 0.25) is 0 Å². The predicted molar refractivity (Wildman–Crippen MR) is 133 cm³/mol. The molecule has 0 spiro atoms. The molecule has 1 saturated carbocycles. The first-order valence-corrected chi connectivity index (χ1v) is 11.5. The molecule has 0 unspecified atom stereocenters. The van der Waals surface area contributed by atoms with Gasteiger partial charge in [-0.25, -0.2) is 9.97 Å². The molecule has 0 bridgehead atoms. The monoisotopic (exact) mass is 450 g/mol.